The average Bonchev–Trinajstić information content (AvgIpc) is 2.83. The molecule has 1 rings (SSSR count). The average molecular weight is 160 g/mol. The van der Waals surface area contributed by atoms with Crippen LogP contribution in [-0.4, -0.2) is 23.9 Å². The summed E-state index contributed by atoms with van der Waals surface area (Å²) in [6.45, 7) is 1.75. The van der Waals surface area contributed by atoms with E-state index in [1.165, 1.54) is 0 Å². The van der Waals surface area contributed by atoms with Gasteiger partial charge in [-0.25, -0.2) is 0 Å². The van der Waals surface area contributed by atoms with Crippen LogP contribution >= 0.6 is 0 Å². The van der Waals surface area contributed by atoms with Gasteiger partial charge in [0.15, 0.2) is 0 Å². The molecule has 0 aromatic carbocycles. The SMILES string of the molecule is CC#CC#CC#C[C@@H]1O[C@H]1CO. The maximum absolute atomic E-state index is 8.57. The minimum atomic E-state index is -0.126. The van der Waals surface area contributed by atoms with Gasteiger partial charge in [0, 0.05) is 0 Å². The number of epoxide rings is 1. The lowest BCUT2D eigenvalue weighted by molar-refractivity contribution is 0.243. The van der Waals surface area contributed by atoms with Crippen molar-refractivity contribution in [2.75, 3.05) is 6.61 Å². The molecule has 0 spiro atoms. The third-order valence-corrected chi connectivity index (χ3v) is 1.29. The molecule has 0 amide bonds. The second-order valence-corrected chi connectivity index (χ2v) is 2.17. The number of ether oxygens (including phenoxy) is 1. The van der Waals surface area contributed by atoms with E-state index < -0.39 is 0 Å². The van der Waals surface area contributed by atoms with E-state index in [0.717, 1.165) is 0 Å². The molecule has 0 saturated carbocycles. The molecule has 1 N–H and O–H groups in total. The van der Waals surface area contributed by atoms with E-state index in [2.05, 4.69) is 35.5 Å². The summed E-state index contributed by atoms with van der Waals surface area (Å²) in [5.41, 5.74) is 0. The van der Waals surface area contributed by atoms with Crippen LogP contribution in [0, 0.1) is 35.5 Å². The molecular formula is C10H8O2. The normalized spacial score (nSPS) is 23.5. The smallest absolute Gasteiger partial charge is 0.148 e. The van der Waals surface area contributed by atoms with Gasteiger partial charge in [-0.15, -0.1) is 0 Å². The summed E-state index contributed by atoms with van der Waals surface area (Å²) in [5.74, 6) is 15.6. The minimum absolute atomic E-state index is 0.0293. The first kappa shape index (κ1) is 8.69. The van der Waals surface area contributed by atoms with Gasteiger partial charge in [-0.3, -0.25) is 0 Å². The molecule has 60 valence electrons. The lowest BCUT2D eigenvalue weighted by Crippen LogP contribution is -1.95. The Hall–Kier alpha value is -1.40. The predicted molar refractivity (Wildman–Crippen MR) is 44.7 cm³/mol. The lowest BCUT2D eigenvalue weighted by Gasteiger charge is -1.73. The lowest BCUT2D eigenvalue weighted by atomic mass is 10.3. The minimum Gasteiger partial charge on any atom is -0.394 e. The Morgan fingerprint density at radius 3 is 2.58 bits per heavy atom. The Labute approximate surface area is 71.9 Å². The van der Waals surface area contributed by atoms with Crippen LogP contribution in [0.5, 0.6) is 0 Å². The van der Waals surface area contributed by atoms with Crippen molar-refractivity contribution in [1.29, 1.82) is 0 Å². The molecule has 1 aliphatic heterocycles. The van der Waals surface area contributed by atoms with Crippen LogP contribution in [0.25, 0.3) is 0 Å². The molecule has 0 aliphatic carbocycles. The molecule has 1 aliphatic rings. The molecule has 2 atom stereocenters. The highest BCUT2D eigenvalue weighted by Crippen LogP contribution is 2.19. The Bertz CT molecular complexity index is 324. The molecule has 0 bridgehead atoms. The summed E-state index contributed by atoms with van der Waals surface area (Å²) in [4.78, 5) is 0. The number of hydrogen-bond donors (Lipinski definition) is 1. The highest BCUT2D eigenvalue weighted by atomic mass is 16.6. The first-order valence-corrected chi connectivity index (χ1v) is 3.57. The summed E-state index contributed by atoms with van der Waals surface area (Å²) in [6, 6.07) is 0. The molecular weight excluding hydrogens is 152 g/mol. The maximum Gasteiger partial charge on any atom is 0.148 e. The van der Waals surface area contributed by atoms with Crippen LogP contribution < -0.4 is 0 Å². The van der Waals surface area contributed by atoms with Crippen LogP contribution in [0.1, 0.15) is 6.92 Å². The topological polar surface area (TPSA) is 32.8 Å². The molecule has 0 unspecified atom stereocenters. The molecule has 1 fully saturated rings. The van der Waals surface area contributed by atoms with E-state index in [4.69, 9.17) is 9.84 Å². The molecule has 0 aromatic rings. The number of hydrogen-bond acceptors (Lipinski definition) is 2. The van der Waals surface area contributed by atoms with Crippen LogP contribution in [0.2, 0.25) is 0 Å². The van der Waals surface area contributed by atoms with Gasteiger partial charge in [0.25, 0.3) is 0 Å². The summed E-state index contributed by atoms with van der Waals surface area (Å²) < 4.78 is 4.95. The van der Waals surface area contributed by atoms with Gasteiger partial charge in [-0.2, -0.15) is 0 Å². The first-order valence-electron chi connectivity index (χ1n) is 3.57. The van der Waals surface area contributed by atoms with E-state index in [0.29, 0.717) is 0 Å². The second-order valence-electron chi connectivity index (χ2n) is 2.17. The van der Waals surface area contributed by atoms with Crippen molar-refractivity contribution >= 4 is 0 Å². The summed E-state index contributed by atoms with van der Waals surface area (Å²) >= 11 is 0. The number of rotatable bonds is 1. The molecule has 0 radical (unpaired) electrons. The van der Waals surface area contributed by atoms with Crippen molar-refractivity contribution in [3.8, 4) is 35.5 Å². The zero-order valence-electron chi connectivity index (χ0n) is 6.72. The van der Waals surface area contributed by atoms with Gasteiger partial charge in [0.2, 0.25) is 0 Å². The third kappa shape index (κ3) is 2.69. The molecule has 2 heteroatoms. The van der Waals surface area contributed by atoms with Crippen molar-refractivity contribution in [2.24, 2.45) is 0 Å². The van der Waals surface area contributed by atoms with Gasteiger partial charge in [-0.05, 0) is 30.6 Å². The highest BCUT2D eigenvalue weighted by molar-refractivity contribution is 5.36. The van der Waals surface area contributed by atoms with E-state index in [9.17, 15) is 0 Å². The van der Waals surface area contributed by atoms with E-state index in [1.807, 2.05) is 0 Å². The Morgan fingerprint density at radius 2 is 2.00 bits per heavy atom. The van der Waals surface area contributed by atoms with Crippen molar-refractivity contribution in [2.45, 2.75) is 19.1 Å². The molecule has 12 heavy (non-hydrogen) atoms. The summed E-state index contributed by atoms with van der Waals surface area (Å²) in [6.07, 6.45) is -0.226. The van der Waals surface area contributed by atoms with Crippen LogP contribution in [0.4, 0.5) is 0 Å². The van der Waals surface area contributed by atoms with E-state index in [-0.39, 0.29) is 18.8 Å². The number of aliphatic hydroxyl groups is 1. The molecule has 1 saturated heterocycles. The van der Waals surface area contributed by atoms with Gasteiger partial charge in [0.1, 0.15) is 12.2 Å². The second kappa shape index (κ2) is 4.47. The third-order valence-electron chi connectivity index (χ3n) is 1.29. The molecule has 2 nitrogen and oxygen atoms in total. The predicted octanol–water partition coefficient (Wildman–Crippen LogP) is -0.224. The van der Waals surface area contributed by atoms with Gasteiger partial charge in [-0.1, -0.05) is 11.8 Å². The zero-order valence-corrected chi connectivity index (χ0v) is 6.72. The van der Waals surface area contributed by atoms with Crippen molar-refractivity contribution in [3.63, 3.8) is 0 Å². The largest absolute Gasteiger partial charge is 0.394 e. The fraction of sp³-hybridized carbons (Fsp3) is 0.400. The van der Waals surface area contributed by atoms with E-state index in [1.54, 1.807) is 6.92 Å². The standard InChI is InChI=1S/C10H8O2/c1-2-3-4-5-6-7-9-10(8-11)12-9/h9-11H,8H2,1H3/t9-,10-/m0/s1. The fourth-order valence-electron chi connectivity index (χ4n) is 0.641. The first-order chi connectivity index (χ1) is 5.88. The van der Waals surface area contributed by atoms with Gasteiger partial charge in [0.05, 0.1) is 6.61 Å². The Balaban J connectivity index is 2.31. The Kier molecular flexibility index (Phi) is 3.24. The van der Waals surface area contributed by atoms with Crippen molar-refractivity contribution in [3.05, 3.63) is 0 Å². The van der Waals surface area contributed by atoms with Crippen LogP contribution in [0.3, 0.4) is 0 Å². The highest BCUT2D eigenvalue weighted by Gasteiger charge is 2.36. The monoisotopic (exact) mass is 160 g/mol. The zero-order chi connectivity index (χ0) is 8.81. The number of aliphatic hydroxyl groups excluding tert-OH is 1. The Morgan fingerprint density at radius 1 is 1.25 bits per heavy atom. The quantitative estimate of drug-likeness (QED) is 0.425. The van der Waals surface area contributed by atoms with Crippen molar-refractivity contribution in [1.82, 2.24) is 0 Å². The van der Waals surface area contributed by atoms with Crippen molar-refractivity contribution < 1.29 is 9.84 Å². The summed E-state index contributed by atoms with van der Waals surface area (Å²) in [7, 11) is 0. The van der Waals surface area contributed by atoms with E-state index >= 15 is 0 Å². The van der Waals surface area contributed by atoms with Crippen LogP contribution in [-0.2, 0) is 4.74 Å². The van der Waals surface area contributed by atoms with Gasteiger partial charge >= 0.3 is 0 Å². The molecule has 1 heterocycles. The van der Waals surface area contributed by atoms with Gasteiger partial charge < -0.3 is 9.84 Å². The molecule has 0 aromatic heterocycles. The maximum atomic E-state index is 8.57. The summed E-state index contributed by atoms with van der Waals surface area (Å²) in [5, 5.41) is 8.57. The fourth-order valence-corrected chi connectivity index (χ4v) is 0.641. The van der Waals surface area contributed by atoms with Crippen LogP contribution in [0.15, 0.2) is 0 Å².